The number of nitrogens with one attached hydrogen (secondary N) is 1. The van der Waals surface area contributed by atoms with E-state index in [0.29, 0.717) is 12.6 Å². The van der Waals surface area contributed by atoms with Crippen molar-refractivity contribution in [1.82, 2.24) is 10.2 Å². The van der Waals surface area contributed by atoms with Crippen LogP contribution in [0.25, 0.3) is 0 Å². The minimum atomic E-state index is 0.122. The smallest absolute Gasteiger partial charge is 0.238 e. The van der Waals surface area contributed by atoms with Crippen LogP contribution in [0, 0.1) is 0 Å². The molecule has 0 radical (unpaired) electrons. The van der Waals surface area contributed by atoms with Gasteiger partial charge in [-0.25, -0.2) is 0 Å². The van der Waals surface area contributed by atoms with Crippen LogP contribution in [0.15, 0.2) is 17.5 Å². The number of thiophene rings is 1. The van der Waals surface area contributed by atoms with Gasteiger partial charge < -0.3 is 4.90 Å². The Morgan fingerprint density at radius 1 is 1.16 bits per heavy atom. The Balaban J connectivity index is 1.77. The van der Waals surface area contributed by atoms with Gasteiger partial charge in [-0.2, -0.15) is 0 Å². The van der Waals surface area contributed by atoms with Crippen LogP contribution in [0.4, 0.5) is 0 Å². The second-order valence-corrected chi connectivity index (χ2v) is 6.58. The van der Waals surface area contributed by atoms with Gasteiger partial charge >= 0.3 is 0 Å². The Morgan fingerprint density at radius 3 is 2.58 bits per heavy atom. The lowest BCUT2D eigenvalue weighted by molar-refractivity contribution is -0.130. The predicted octanol–water partition coefficient (Wildman–Crippen LogP) is 3.29. The van der Waals surface area contributed by atoms with Gasteiger partial charge in [-0.15, -0.1) is 11.3 Å². The Morgan fingerprint density at radius 2 is 1.89 bits per heavy atom. The van der Waals surface area contributed by atoms with Gasteiger partial charge in [-0.3, -0.25) is 10.1 Å². The zero-order valence-electron chi connectivity index (χ0n) is 11.3. The number of nitrogens with zero attached hydrogens (tertiary/aromatic N) is 1. The van der Waals surface area contributed by atoms with Crippen LogP contribution in [0.1, 0.15) is 56.0 Å². The third-order valence-electron chi connectivity index (χ3n) is 4.29. The van der Waals surface area contributed by atoms with Crippen LogP contribution in [0.5, 0.6) is 0 Å². The summed E-state index contributed by atoms with van der Waals surface area (Å²) >= 11 is 1.74. The second-order valence-electron chi connectivity index (χ2n) is 5.60. The van der Waals surface area contributed by atoms with E-state index in [2.05, 4.69) is 27.7 Å². The number of carbonyl (C=O) groups excluding carboxylic acids is 1. The molecule has 1 aromatic rings. The molecule has 1 aromatic heterocycles. The summed E-state index contributed by atoms with van der Waals surface area (Å²) in [4.78, 5) is 15.7. The van der Waals surface area contributed by atoms with Crippen molar-refractivity contribution < 1.29 is 4.79 Å². The summed E-state index contributed by atoms with van der Waals surface area (Å²) in [6, 6.07) is 4.65. The second kappa shape index (κ2) is 6.06. The fraction of sp³-hybridized carbons (Fsp3) is 0.667. The average Bonchev–Trinajstić information content (AvgIpc) is 2.98. The van der Waals surface area contributed by atoms with Gasteiger partial charge in [0, 0.05) is 10.9 Å². The maximum atomic E-state index is 12.2. The summed E-state index contributed by atoms with van der Waals surface area (Å²) in [6.45, 7) is 0.499. The molecule has 1 atom stereocenters. The molecule has 3 nitrogen and oxygen atoms in total. The minimum Gasteiger partial charge on any atom is -0.318 e. The zero-order valence-corrected chi connectivity index (χ0v) is 12.1. The molecule has 1 saturated carbocycles. The predicted molar refractivity (Wildman–Crippen MR) is 78.0 cm³/mol. The summed E-state index contributed by atoms with van der Waals surface area (Å²) in [5.74, 6) is 0.281. The van der Waals surface area contributed by atoms with E-state index in [0.717, 1.165) is 0 Å². The van der Waals surface area contributed by atoms with Gasteiger partial charge in [0.1, 0.15) is 6.17 Å². The number of rotatable bonds is 2. The molecule has 3 rings (SSSR count). The number of hydrogen-bond acceptors (Lipinski definition) is 3. The molecule has 1 N–H and O–H groups in total. The van der Waals surface area contributed by atoms with Gasteiger partial charge in [0.2, 0.25) is 5.91 Å². The lowest BCUT2D eigenvalue weighted by Gasteiger charge is -2.33. The standard InChI is InChI=1S/C15H22N2OS/c18-14-11-16-15(13-9-6-10-19-13)17(14)12-7-4-2-1-3-5-8-12/h6,9-10,12,15-16H,1-5,7-8,11H2. The van der Waals surface area contributed by atoms with Gasteiger partial charge in [-0.05, 0) is 24.3 Å². The molecule has 0 aromatic carbocycles. The molecular formula is C15H22N2OS. The van der Waals surface area contributed by atoms with Crippen LogP contribution >= 0.6 is 11.3 Å². The average molecular weight is 278 g/mol. The highest BCUT2D eigenvalue weighted by molar-refractivity contribution is 7.10. The summed E-state index contributed by atoms with van der Waals surface area (Å²) in [5, 5.41) is 5.47. The van der Waals surface area contributed by atoms with Crippen LogP contribution in [0.2, 0.25) is 0 Å². The molecule has 2 fully saturated rings. The molecule has 0 spiro atoms. The van der Waals surface area contributed by atoms with Crippen molar-refractivity contribution in [3.05, 3.63) is 22.4 Å². The molecule has 2 heterocycles. The van der Waals surface area contributed by atoms with E-state index in [1.54, 1.807) is 11.3 Å². The van der Waals surface area contributed by atoms with Crippen LogP contribution < -0.4 is 5.32 Å². The highest BCUT2D eigenvalue weighted by Gasteiger charge is 2.36. The first-order valence-electron chi connectivity index (χ1n) is 7.44. The molecule has 2 aliphatic rings. The first-order chi connectivity index (χ1) is 9.36. The Bertz CT molecular complexity index is 410. The van der Waals surface area contributed by atoms with E-state index in [9.17, 15) is 4.79 Å². The first-order valence-corrected chi connectivity index (χ1v) is 8.32. The lowest BCUT2D eigenvalue weighted by atomic mass is 9.95. The Labute approximate surface area is 119 Å². The summed E-state index contributed by atoms with van der Waals surface area (Å²) in [6.07, 6.45) is 9.04. The van der Waals surface area contributed by atoms with E-state index >= 15 is 0 Å². The van der Waals surface area contributed by atoms with Gasteiger partial charge in [-0.1, -0.05) is 38.2 Å². The molecule has 1 aliphatic heterocycles. The summed E-state index contributed by atoms with van der Waals surface area (Å²) in [7, 11) is 0. The molecule has 0 bridgehead atoms. The van der Waals surface area contributed by atoms with Crippen molar-refractivity contribution in [3.8, 4) is 0 Å². The molecule has 4 heteroatoms. The first kappa shape index (κ1) is 13.1. The van der Waals surface area contributed by atoms with Crippen LogP contribution in [-0.2, 0) is 4.79 Å². The minimum absolute atomic E-state index is 0.122. The van der Waals surface area contributed by atoms with Crippen molar-refractivity contribution in [3.63, 3.8) is 0 Å². The van der Waals surface area contributed by atoms with E-state index < -0.39 is 0 Å². The molecule has 104 valence electrons. The zero-order chi connectivity index (χ0) is 13.1. The molecule has 1 saturated heterocycles. The third-order valence-corrected chi connectivity index (χ3v) is 5.22. The highest BCUT2D eigenvalue weighted by Crippen LogP contribution is 2.32. The fourth-order valence-electron chi connectivity index (χ4n) is 3.33. The van der Waals surface area contributed by atoms with Gasteiger partial charge in [0.05, 0.1) is 6.54 Å². The third kappa shape index (κ3) is 2.84. The van der Waals surface area contributed by atoms with Crippen molar-refractivity contribution in [2.75, 3.05) is 6.54 Å². The Hall–Kier alpha value is -0.870. The topological polar surface area (TPSA) is 32.3 Å². The lowest BCUT2D eigenvalue weighted by Crippen LogP contribution is -2.39. The molecule has 19 heavy (non-hydrogen) atoms. The summed E-state index contributed by atoms with van der Waals surface area (Å²) < 4.78 is 0. The maximum Gasteiger partial charge on any atom is 0.238 e. The Kier molecular flexibility index (Phi) is 4.18. The van der Waals surface area contributed by atoms with Crippen LogP contribution in [0.3, 0.4) is 0 Å². The molecule has 1 aliphatic carbocycles. The van der Waals surface area contributed by atoms with Crippen molar-refractivity contribution in [1.29, 1.82) is 0 Å². The van der Waals surface area contributed by atoms with Crippen LogP contribution in [-0.4, -0.2) is 23.4 Å². The normalized spacial score (nSPS) is 26.4. The van der Waals surface area contributed by atoms with Crippen molar-refractivity contribution in [2.24, 2.45) is 0 Å². The van der Waals surface area contributed by atoms with E-state index in [-0.39, 0.29) is 12.1 Å². The van der Waals surface area contributed by atoms with E-state index in [1.807, 2.05) is 0 Å². The number of carbonyl (C=O) groups is 1. The monoisotopic (exact) mass is 278 g/mol. The SMILES string of the molecule is O=C1CNC(c2cccs2)N1C1CCCCCCC1. The van der Waals surface area contributed by atoms with Gasteiger partial charge in [0.15, 0.2) is 0 Å². The quantitative estimate of drug-likeness (QED) is 0.900. The fourth-order valence-corrected chi connectivity index (χ4v) is 4.13. The number of amides is 1. The largest absolute Gasteiger partial charge is 0.318 e. The molecule has 1 unspecified atom stereocenters. The van der Waals surface area contributed by atoms with E-state index in [1.165, 1.54) is 49.8 Å². The molecular weight excluding hydrogens is 256 g/mol. The highest BCUT2D eigenvalue weighted by atomic mass is 32.1. The van der Waals surface area contributed by atoms with E-state index in [4.69, 9.17) is 0 Å². The van der Waals surface area contributed by atoms with Gasteiger partial charge in [0.25, 0.3) is 0 Å². The maximum absolute atomic E-state index is 12.2. The van der Waals surface area contributed by atoms with Crippen molar-refractivity contribution in [2.45, 2.75) is 57.2 Å². The number of hydrogen-bond donors (Lipinski definition) is 1. The van der Waals surface area contributed by atoms with Crippen molar-refractivity contribution >= 4 is 17.2 Å². The molecule has 1 amide bonds. The summed E-state index contributed by atoms with van der Waals surface area (Å²) in [5.41, 5.74) is 0.